The molecule has 4 rings (SSSR count). The van der Waals surface area contributed by atoms with Gasteiger partial charge in [-0.15, -0.1) is 13.2 Å². The number of hydrogen-bond donors (Lipinski definition) is 1. The van der Waals surface area contributed by atoms with Gasteiger partial charge in [0.25, 0.3) is 0 Å². The maximum Gasteiger partial charge on any atom is 0.573 e. The molecule has 0 saturated heterocycles. The summed E-state index contributed by atoms with van der Waals surface area (Å²) in [5.74, 6) is -0.389. The zero-order valence-corrected chi connectivity index (χ0v) is 15.1. The smallest absolute Gasteiger partial charge is 0.457 e. The van der Waals surface area contributed by atoms with Crippen molar-refractivity contribution in [1.82, 2.24) is 4.98 Å². The number of nitrogens with one attached hydrogen (secondary N) is 1. The van der Waals surface area contributed by atoms with Gasteiger partial charge in [-0.2, -0.15) is 0 Å². The van der Waals surface area contributed by atoms with E-state index in [4.69, 9.17) is 16.3 Å². The third kappa shape index (κ3) is 3.97. The van der Waals surface area contributed by atoms with Crippen molar-refractivity contribution >= 4 is 33.4 Å². The topological polar surface area (TPSA) is 51.3 Å². The summed E-state index contributed by atoms with van der Waals surface area (Å²) in [6.45, 7) is 0. The molecule has 0 atom stereocenters. The van der Waals surface area contributed by atoms with Crippen LogP contribution in [-0.4, -0.2) is 11.3 Å². The molecule has 1 N–H and O–H groups in total. The predicted octanol–water partition coefficient (Wildman–Crippen LogP) is 6.16. The van der Waals surface area contributed by atoms with E-state index in [9.17, 15) is 22.4 Å². The molecular formula is C20H10ClF4NO3. The second-order valence-corrected chi connectivity index (χ2v) is 6.50. The van der Waals surface area contributed by atoms with Gasteiger partial charge in [-0.3, -0.25) is 4.79 Å². The molecule has 148 valence electrons. The van der Waals surface area contributed by atoms with E-state index in [-0.39, 0.29) is 32.9 Å². The Labute approximate surface area is 165 Å². The highest BCUT2D eigenvalue weighted by Crippen LogP contribution is 2.29. The molecule has 0 unspecified atom stereocenters. The quantitative estimate of drug-likeness (QED) is 0.317. The van der Waals surface area contributed by atoms with Crippen LogP contribution in [0.25, 0.3) is 21.8 Å². The van der Waals surface area contributed by atoms with E-state index in [2.05, 4.69) is 9.72 Å². The molecule has 0 aliphatic rings. The lowest BCUT2D eigenvalue weighted by molar-refractivity contribution is -0.274. The third-order valence-electron chi connectivity index (χ3n) is 4.08. The number of ether oxygens (including phenoxy) is 2. The van der Waals surface area contributed by atoms with Gasteiger partial charge < -0.3 is 14.5 Å². The first-order valence-electron chi connectivity index (χ1n) is 8.18. The molecule has 0 radical (unpaired) electrons. The van der Waals surface area contributed by atoms with Gasteiger partial charge in [-0.05, 0) is 48.5 Å². The number of aromatic amines is 1. The average molecular weight is 424 g/mol. The van der Waals surface area contributed by atoms with Gasteiger partial charge in [-0.25, -0.2) is 4.39 Å². The molecule has 0 fully saturated rings. The molecule has 0 aliphatic carbocycles. The second kappa shape index (κ2) is 6.97. The summed E-state index contributed by atoms with van der Waals surface area (Å²) in [5.41, 5.74) is 0.260. The van der Waals surface area contributed by atoms with Gasteiger partial charge >= 0.3 is 6.36 Å². The number of aromatic nitrogens is 1. The van der Waals surface area contributed by atoms with E-state index in [0.717, 1.165) is 24.3 Å². The molecule has 4 nitrogen and oxygen atoms in total. The minimum Gasteiger partial charge on any atom is -0.457 e. The maximum absolute atomic E-state index is 13.6. The Balaban J connectivity index is 1.69. The highest BCUT2D eigenvalue weighted by Gasteiger charge is 2.31. The number of hydrogen-bond acceptors (Lipinski definition) is 3. The van der Waals surface area contributed by atoms with Crippen LogP contribution >= 0.6 is 11.6 Å². The van der Waals surface area contributed by atoms with Crippen LogP contribution in [-0.2, 0) is 0 Å². The molecular weight excluding hydrogens is 414 g/mol. The summed E-state index contributed by atoms with van der Waals surface area (Å²) >= 11 is 5.99. The van der Waals surface area contributed by atoms with E-state index in [0.29, 0.717) is 16.7 Å². The van der Waals surface area contributed by atoms with E-state index in [1.54, 1.807) is 0 Å². The van der Waals surface area contributed by atoms with Gasteiger partial charge in [0, 0.05) is 11.5 Å². The molecule has 0 saturated carbocycles. The van der Waals surface area contributed by atoms with Crippen molar-refractivity contribution in [3.63, 3.8) is 0 Å². The third-order valence-corrected chi connectivity index (χ3v) is 4.38. The van der Waals surface area contributed by atoms with Crippen LogP contribution in [0.4, 0.5) is 17.6 Å². The number of fused-ring (bicyclic) bond motifs is 2. The fourth-order valence-corrected chi connectivity index (χ4v) is 3.21. The number of H-pyrrole nitrogens is 1. The summed E-state index contributed by atoms with van der Waals surface area (Å²) < 4.78 is 59.7. The standard InChI is InChI=1S/C20H10ClF4NO3/c21-15-7-10(22)8-17-18(15)19(27)14-6-5-13(9-16(14)26-17)28-11-1-3-12(4-2-11)29-20(23,24)25/h1-9H,(H,26,27). The number of pyridine rings is 1. The molecule has 0 bridgehead atoms. The molecule has 0 spiro atoms. The zero-order chi connectivity index (χ0) is 20.8. The first-order chi connectivity index (χ1) is 13.7. The molecule has 1 heterocycles. The molecule has 0 aliphatic heterocycles. The maximum atomic E-state index is 13.6. The van der Waals surface area contributed by atoms with Crippen molar-refractivity contribution in [3.05, 3.63) is 75.7 Å². The molecule has 3 aromatic carbocycles. The van der Waals surface area contributed by atoms with Crippen molar-refractivity contribution in [2.75, 3.05) is 0 Å². The lowest BCUT2D eigenvalue weighted by Crippen LogP contribution is -2.16. The lowest BCUT2D eigenvalue weighted by atomic mass is 10.1. The van der Waals surface area contributed by atoms with Crippen molar-refractivity contribution in [1.29, 1.82) is 0 Å². The number of rotatable bonds is 3. The molecule has 1 aromatic heterocycles. The van der Waals surface area contributed by atoms with Crippen LogP contribution in [0.3, 0.4) is 0 Å². The highest BCUT2D eigenvalue weighted by atomic mass is 35.5. The van der Waals surface area contributed by atoms with Gasteiger partial charge in [0.2, 0.25) is 0 Å². The normalized spacial score (nSPS) is 11.8. The fourth-order valence-electron chi connectivity index (χ4n) is 2.92. The molecule has 4 aromatic rings. The number of halogens is 5. The summed E-state index contributed by atoms with van der Waals surface area (Å²) in [4.78, 5) is 15.6. The molecule has 29 heavy (non-hydrogen) atoms. The van der Waals surface area contributed by atoms with Crippen LogP contribution < -0.4 is 14.9 Å². The number of benzene rings is 3. The summed E-state index contributed by atoms with van der Waals surface area (Å²) in [5, 5.41) is 0.506. The summed E-state index contributed by atoms with van der Waals surface area (Å²) in [6.07, 6.45) is -4.78. The van der Waals surface area contributed by atoms with Crippen LogP contribution in [0.1, 0.15) is 0 Å². The van der Waals surface area contributed by atoms with Gasteiger partial charge in [-0.1, -0.05) is 11.6 Å². The Hall–Kier alpha value is -3.26. The monoisotopic (exact) mass is 423 g/mol. The SMILES string of the molecule is O=c1c2ccc(Oc3ccc(OC(F)(F)F)cc3)cc2[nH]c2cc(F)cc(Cl)c12. The average Bonchev–Trinajstić information content (AvgIpc) is 2.61. The molecule has 0 amide bonds. The van der Waals surface area contributed by atoms with Gasteiger partial charge in [0.1, 0.15) is 23.1 Å². The van der Waals surface area contributed by atoms with Crippen LogP contribution in [0.2, 0.25) is 5.02 Å². The number of alkyl halides is 3. The lowest BCUT2D eigenvalue weighted by Gasteiger charge is -2.11. The van der Waals surface area contributed by atoms with Crippen LogP contribution in [0, 0.1) is 5.82 Å². The minimum absolute atomic E-state index is 0.00430. The van der Waals surface area contributed by atoms with E-state index in [1.165, 1.54) is 30.3 Å². The van der Waals surface area contributed by atoms with Crippen molar-refractivity contribution in [3.8, 4) is 17.2 Å². The molecule has 9 heteroatoms. The Morgan fingerprint density at radius 2 is 1.52 bits per heavy atom. The van der Waals surface area contributed by atoms with Crippen molar-refractivity contribution in [2.45, 2.75) is 6.36 Å². The van der Waals surface area contributed by atoms with E-state index < -0.39 is 12.2 Å². The fraction of sp³-hybridized carbons (Fsp3) is 0.0500. The Kier molecular flexibility index (Phi) is 4.58. The minimum atomic E-state index is -4.78. The largest absolute Gasteiger partial charge is 0.573 e. The highest BCUT2D eigenvalue weighted by molar-refractivity contribution is 6.35. The Morgan fingerprint density at radius 1 is 0.862 bits per heavy atom. The van der Waals surface area contributed by atoms with Crippen LogP contribution in [0.15, 0.2) is 59.4 Å². The Bertz CT molecular complexity index is 1280. The van der Waals surface area contributed by atoms with E-state index in [1.807, 2.05) is 0 Å². The van der Waals surface area contributed by atoms with Gasteiger partial charge in [0.15, 0.2) is 5.43 Å². The first-order valence-corrected chi connectivity index (χ1v) is 8.56. The van der Waals surface area contributed by atoms with Gasteiger partial charge in [0.05, 0.1) is 21.4 Å². The second-order valence-electron chi connectivity index (χ2n) is 6.09. The first kappa shape index (κ1) is 19.1. The van der Waals surface area contributed by atoms with Crippen LogP contribution in [0.5, 0.6) is 17.2 Å². The summed E-state index contributed by atoms with van der Waals surface area (Å²) in [7, 11) is 0. The summed E-state index contributed by atoms with van der Waals surface area (Å²) in [6, 6.07) is 11.6. The zero-order valence-electron chi connectivity index (χ0n) is 14.3. The Morgan fingerprint density at radius 3 is 2.21 bits per heavy atom. The predicted molar refractivity (Wildman–Crippen MR) is 100 cm³/mol. The van der Waals surface area contributed by atoms with Crippen molar-refractivity contribution in [2.24, 2.45) is 0 Å². The van der Waals surface area contributed by atoms with E-state index >= 15 is 0 Å². The van der Waals surface area contributed by atoms with Crippen molar-refractivity contribution < 1.29 is 27.0 Å².